The largest absolute Gasteiger partial charge is 0.433 e. The van der Waals surface area contributed by atoms with Crippen LogP contribution in [0.5, 0.6) is 0 Å². The van der Waals surface area contributed by atoms with Crippen LogP contribution in [-0.4, -0.2) is 4.98 Å². The Kier molecular flexibility index (Phi) is 2.72. The Hall–Kier alpha value is -0.490. The number of nitrogen functional groups attached to an aromatic ring is 1. The predicted octanol–water partition coefficient (Wildman–Crippen LogP) is 3.10. The first-order chi connectivity index (χ1) is 5.82. The number of halogens is 5. The molecular weight excluding hydrogens is 272 g/mol. The summed E-state index contributed by atoms with van der Waals surface area (Å²) >= 11 is 8.28. The Morgan fingerprint density at radius 1 is 1.46 bits per heavy atom. The van der Waals surface area contributed by atoms with Gasteiger partial charge in [0.05, 0.1) is 10.2 Å². The average Bonchev–Trinajstić information content (AvgIpc) is 1.97. The second-order valence-electron chi connectivity index (χ2n) is 2.20. The fourth-order valence-corrected chi connectivity index (χ4v) is 1.07. The van der Waals surface area contributed by atoms with Crippen LogP contribution in [-0.2, 0) is 6.18 Å². The van der Waals surface area contributed by atoms with Gasteiger partial charge in [-0.1, -0.05) is 11.6 Å². The fraction of sp³-hybridized carbons (Fsp3) is 0.167. The van der Waals surface area contributed by atoms with Crippen molar-refractivity contribution >= 4 is 33.2 Å². The molecular formula is C6H3BrClF3N2. The van der Waals surface area contributed by atoms with Gasteiger partial charge in [-0.3, -0.25) is 0 Å². The van der Waals surface area contributed by atoms with E-state index in [1.165, 1.54) is 0 Å². The van der Waals surface area contributed by atoms with E-state index in [1.54, 1.807) is 0 Å². The van der Waals surface area contributed by atoms with Crippen molar-refractivity contribution < 1.29 is 13.2 Å². The van der Waals surface area contributed by atoms with Gasteiger partial charge in [-0.15, -0.1) is 0 Å². The van der Waals surface area contributed by atoms with Gasteiger partial charge < -0.3 is 5.73 Å². The Bertz CT molecular complexity index is 316. The maximum Gasteiger partial charge on any atom is 0.433 e. The predicted molar refractivity (Wildman–Crippen MR) is 46.4 cm³/mol. The van der Waals surface area contributed by atoms with Crippen LogP contribution < -0.4 is 5.73 Å². The maximum absolute atomic E-state index is 12.1. The molecule has 0 aliphatic rings. The molecule has 0 spiro atoms. The highest BCUT2D eigenvalue weighted by Gasteiger charge is 2.33. The second kappa shape index (κ2) is 3.34. The van der Waals surface area contributed by atoms with Crippen LogP contribution in [0.4, 0.5) is 18.9 Å². The lowest BCUT2D eigenvalue weighted by molar-refractivity contribution is -0.141. The third kappa shape index (κ3) is 2.25. The lowest BCUT2D eigenvalue weighted by atomic mass is 10.3. The number of alkyl halides is 3. The van der Waals surface area contributed by atoms with Crippen molar-refractivity contribution in [3.05, 3.63) is 21.4 Å². The smallest absolute Gasteiger partial charge is 0.398 e. The van der Waals surface area contributed by atoms with E-state index < -0.39 is 11.9 Å². The zero-order chi connectivity index (χ0) is 10.2. The zero-order valence-electron chi connectivity index (χ0n) is 5.99. The molecule has 72 valence electrons. The van der Waals surface area contributed by atoms with E-state index in [2.05, 4.69) is 20.9 Å². The number of rotatable bonds is 0. The molecule has 0 aliphatic carbocycles. The number of anilines is 1. The van der Waals surface area contributed by atoms with Crippen LogP contribution in [0.2, 0.25) is 5.15 Å². The normalized spacial score (nSPS) is 11.8. The minimum Gasteiger partial charge on any atom is -0.398 e. The number of hydrogen-bond acceptors (Lipinski definition) is 2. The SMILES string of the molecule is Nc1cc(C(F)(F)F)nc(Cl)c1Br. The van der Waals surface area contributed by atoms with Crippen molar-refractivity contribution in [3.63, 3.8) is 0 Å². The quantitative estimate of drug-likeness (QED) is 0.739. The summed E-state index contributed by atoms with van der Waals surface area (Å²) in [5.74, 6) is 0. The van der Waals surface area contributed by atoms with E-state index in [1.807, 2.05) is 0 Å². The van der Waals surface area contributed by atoms with Crippen LogP contribution >= 0.6 is 27.5 Å². The summed E-state index contributed by atoms with van der Waals surface area (Å²) in [6.07, 6.45) is -4.53. The van der Waals surface area contributed by atoms with Gasteiger partial charge in [-0.25, -0.2) is 4.98 Å². The summed E-state index contributed by atoms with van der Waals surface area (Å²) in [5, 5.41) is -0.299. The summed E-state index contributed by atoms with van der Waals surface area (Å²) in [5.41, 5.74) is 4.06. The molecule has 0 aromatic carbocycles. The Balaban J connectivity index is 3.29. The van der Waals surface area contributed by atoms with Gasteiger partial charge in [0.1, 0.15) is 10.8 Å². The molecule has 0 bridgehead atoms. The molecule has 0 aliphatic heterocycles. The van der Waals surface area contributed by atoms with Crippen molar-refractivity contribution in [2.75, 3.05) is 5.73 Å². The minimum atomic E-state index is -4.53. The van der Waals surface area contributed by atoms with Crippen LogP contribution in [0, 0.1) is 0 Å². The lowest BCUT2D eigenvalue weighted by Crippen LogP contribution is -2.09. The highest BCUT2D eigenvalue weighted by atomic mass is 79.9. The summed E-state index contributed by atoms with van der Waals surface area (Å²) in [4.78, 5) is 3.12. The van der Waals surface area contributed by atoms with E-state index in [0.717, 1.165) is 6.07 Å². The molecule has 13 heavy (non-hydrogen) atoms. The molecule has 0 unspecified atom stereocenters. The summed E-state index contributed by atoms with van der Waals surface area (Å²) < 4.78 is 36.4. The van der Waals surface area contributed by atoms with Gasteiger partial charge in [-0.2, -0.15) is 13.2 Å². The molecule has 0 amide bonds. The van der Waals surface area contributed by atoms with Crippen LogP contribution in [0.15, 0.2) is 10.5 Å². The monoisotopic (exact) mass is 274 g/mol. The molecule has 2 N–H and O–H groups in total. The van der Waals surface area contributed by atoms with Gasteiger partial charge in [0.15, 0.2) is 0 Å². The number of aromatic nitrogens is 1. The van der Waals surface area contributed by atoms with Gasteiger partial charge in [0.2, 0.25) is 0 Å². The van der Waals surface area contributed by atoms with Gasteiger partial charge >= 0.3 is 6.18 Å². The topological polar surface area (TPSA) is 38.9 Å². The highest BCUT2D eigenvalue weighted by Crippen LogP contribution is 2.34. The number of hydrogen-bond donors (Lipinski definition) is 1. The zero-order valence-corrected chi connectivity index (χ0v) is 8.33. The molecule has 1 heterocycles. The fourth-order valence-electron chi connectivity index (χ4n) is 0.662. The maximum atomic E-state index is 12.1. The second-order valence-corrected chi connectivity index (χ2v) is 3.35. The third-order valence-electron chi connectivity index (χ3n) is 1.24. The first-order valence-electron chi connectivity index (χ1n) is 3.01. The molecule has 1 aromatic heterocycles. The summed E-state index contributed by atoms with van der Waals surface area (Å²) in [6.45, 7) is 0. The highest BCUT2D eigenvalue weighted by molar-refractivity contribution is 9.10. The van der Waals surface area contributed by atoms with Crippen molar-refractivity contribution in [2.45, 2.75) is 6.18 Å². The van der Waals surface area contributed by atoms with Gasteiger partial charge in [0, 0.05) is 0 Å². The molecule has 0 fully saturated rings. The molecule has 1 rings (SSSR count). The standard InChI is InChI=1S/C6H3BrClF3N2/c7-4-2(12)1-3(6(9,10)11)13-5(4)8/h1H,(H2,12,13). The van der Waals surface area contributed by atoms with Gasteiger partial charge in [0.25, 0.3) is 0 Å². The number of nitrogens with zero attached hydrogens (tertiary/aromatic N) is 1. The van der Waals surface area contributed by atoms with Crippen molar-refractivity contribution in [1.82, 2.24) is 4.98 Å². The molecule has 1 aromatic rings. The Morgan fingerprint density at radius 2 is 2.00 bits per heavy atom. The number of pyridine rings is 1. The number of nitrogens with two attached hydrogens (primary N) is 1. The van der Waals surface area contributed by atoms with E-state index in [0.29, 0.717) is 0 Å². The van der Waals surface area contributed by atoms with Crippen molar-refractivity contribution in [2.24, 2.45) is 0 Å². The molecule has 0 atom stereocenters. The Labute approximate surface area is 85.0 Å². The van der Waals surface area contributed by atoms with E-state index in [9.17, 15) is 13.2 Å². The minimum absolute atomic E-state index is 0.0904. The van der Waals surface area contributed by atoms with Crippen LogP contribution in [0.1, 0.15) is 5.69 Å². The molecule has 0 radical (unpaired) electrons. The first-order valence-corrected chi connectivity index (χ1v) is 4.18. The van der Waals surface area contributed by atoms with Crippen molar-refractivity contribution in [3.8, 4) is 0 Å². The summed E-state index contributed by atoms with van der Waals surface area (Å²) in [7, 11) is 0. The van der Waals surface area contributed by atoms with Crippen LogP contribution in [0.25, 0.3) is 0 Å². The van der Waals surface area contributed by atoms with Crippen LogP contribution in [0.3, 0.4) is 0 Å². The van der Waals surface area contributed by atoms with Crippen molar-refractivity contribution in [1.29, 1.82) is 0 Å². The van der Waals surface area contributed by atoms with E-state index >= 15 is 0 Å². The molecule has 0 saturated carbocycles. The first kappa shape index (κ1) is 10.6. The van der Waals surface area contributed by atoms with E-state index in [-0.39, 0.29) is 15.3 Å². The summed E-state index contributed by atoms with van der Waals surface area (Å²) in [6, 6.07) is 0.718. The Morgan fingerprint density at radius 3 is 2.38 bits per heavy atom. The lowest BCUT2D eigenvalue weighted by Gasteiger charge is -2.08. The molecule has 2 nitrogen and oxygen atoms in total. The van der Waals surface area contributed by atoms with Gasteiger partial charge in [-0.05, 0) is 22.0 Å². The average molecular weight is 275 g/mol. The third-order valence-corrected chi connectivity index (χ3v) is 2.57. The molecule has 0 saturated heterocycles. The molecule has 7 heteroatoms. The van der Waals surface area contributed by atoms with E-state index in [4.69, 9.17) is 17.3 Å².